The number of hydrogen-bond acceptors (Lipinski definition) is 5. The first kappa shape index (κ1) is 17.2. The molecule has 0 fully saturated rings. The standard InChI is InChI=1S/C17H15FN6O2/c1-19-17(26)12-3-2-4-14(9-12)20-15(25)10-24-22-16(21-23-24)11-5-7-13(18)8-6-11/h2-9H,10H2,1H3,(H,19,26)(H,20,25). The summed E-state index contributed by atoms with van der Waals surface area (Å²) in [7, 11) is 1.53. The van der Waals surface area contributed by atoms with Crippen molar-refractivity contribution in [2.45, 2.75) is 6.54 Å². The summed E-state index contributed by atoms with van der Waals surface area (Å²) in [5.74, 6) is -0.691. The van der Waals surface area contributed by atoms with Crippen LogP contribution in [0.1, 0.15) is 10.4 Å². The number of rotatable bonds is 5. The number of carbonyl (C=O) groups is 2. The van der Waals surface area contributed by atoms with Crippen LogP contribution in [0.2, 0.25) is 0 Å². The molecule has 0 aliphatic carbocycles. The number of hydrogen-bond donors (Lipinski definition) is 2. The number of benzene rings is 2. The maximum Gasteiger partial charge on any atom is 0.251 e. The van der Waals surface area contributed by atoms with Crippen molar-refractivity contribution in [3.8, 4) is 11.4 Å². The van der Waals surface area contributed by atoms with E-state index in [4.69, 9.17) is 0 Å². The van der Waals surface area contributed by atoms with Gasteiger partial charge in [0.25, 0.3) is 5.91 Å². The molecule has 2 amide bonds. The van der Waals surface area contributed by atoms with Gasteiger partial charge in [0.05, 0.1) is 0 Å². The minimum absolute atomic E-state index is 0.154. The van der Waals surface area contributed by atoms with E-state index in [1.54, 1.807) is 24.3 Å². The lowest BCUT2D eigenvalue weighted by molar-refractivity contribution is -0.117. The van der Waals surface area contributed by atoms with Crippen LogP contribution in [0, 0.1) is 5.82 Å². The van der Waals surface area contributed by atoms with Crippen LogP contribution >= 0.6 is 0 Å². The van der Waals surface area contributed by atoms with Gasteiger partial charge in [0.2, 0.25) is 11.7 Å². The Hall–Kier alpha value is -3.62. The van der Waals surface area contributed by atoms with Gasteiger partial charge < -0.3 is 10.6 Å². The monoisotopic (exact) mass is 354 g/mol. The van der Waals surface area contributed by atoms with Gasteiger partial charge in [-0.05, 0) is 47.7 Å². The predicted octanol–water partition coefficient (Wildman–Crippen LogP) is 1.48. The molecule has 2 N–H and O–H groups in total. The fourth-order valence-electron chi connectivity index (χ4n) is 2.24. The number of carbonyl (C=O) groups excluding carboxylic acids is 2. The Labute approximate surface area is 148 Å². The summed E-state index contributed by atoms with van der Waals surface area (Å²) < 4.78 is 12.9. The van der Waals surface area contributed by atoms with E-state index in [9.17, 15) is 14.0 Å². The van der Waals surface area contributed by atoms with Crippen LogP contribution in [-0.4, -0.2) is 39.1 Å². The first-order valence-electron chi connectivity index (χ1n) is 7.71. The van der Waals surface area contributed by atoms with Gasteiger partial charge in [-0.2, -0.15) is 4.80 Å². The Morgan fingerprint density at radius 2 is 1.92 bits per heavy atom. The van der Waals surface area contributed by atoms with Crippen molar-refractivity contribution in [3.63, 3.8) is 0 Å². The molecule has 0 bridgehead atoms. The molecule has 8 nitrogen and oxygen atoms in total. The van der Waals surface area contributed by atoms with Crippen LogP contribution in [0.4, 0.5) is 10.1 Å². The summed E-state index contributed by atoms with van der Waals surface area (Å²) >= 11 is 0. The van der Waals surface area contributed by atoms with Crippen molar-refractivity contribution < 1.29 is 14.0 Å². The summed E-state index contributed by atoms with van der Waals surface area (Å²) in [6.07, 6.45) is 0. The molecule has 132 valence electrons. The summed E-state index contributed by atoms with van der Waals surface area (Å²) in [5.41, 5.74) is 1.51. The first-order chi connectivity index (χ1) is 12.5. The molecule has 0 saturated carbocycles. The lowest BCUT2D eigenvalue weighted by atomic mass is 10.2. The second kappa shape index (κ2) is 7.51. The van der Waals surface area contributed by atoms with E-state index in [1.807, 2.05) is 0 Å². The molecule has 0 spiro atoms. The van der Waals surface area contributed by atoms with Crippen molar-refractivity contribution in [1.82, 2.24) is 25.5 Å². The van der Waals surface area contributed by atoms with E-state index in [2.05, 4.69) is 26.0 Å². The molecule has 0 radical (unpaired) electrons. The van der Waals surface area contributed by atoms with Gasteiger partial charge in [-0.25, -0.2) is 4.39 Å². The normalized spacial score (nSPS) is 10.4. The Bertz CT molecular complexity index is 938. The second-order valence-corrected chi connectivity index (χ2v) is 5.36. The zero-order valence-corrected chi connectivity index (χ0v) is 13.8. The smallest absolute Gasteiger partial charge is 0.251 e. The molecule has 26 heavy (non-hydrogen) atoms. The van der Waals surface area contributed by atoms with Crippen LogP contribution < -0.4 is 10.6 Å². The topological polar surface area (TPSA) is 102 Å². The van der Waals surface area contributed by atoms with E-state index >= 15 is 0 Å². The summed E-state index contributed by atoms with van der Waals surface area (Å²) in [6.45, 7) is -0.154. The summed E-state index contributed by atoms with van der Waals surface area (Å²) in [5, 5.41) is 16.9. The SMILES string of the molecule is CNC(=O)c1cccc(NC(=O)Cn2nnc(-c3ccc(F)cc3)n2)c1. The summed E-state index contributed by atoms with van der Waals surface area (Å²) in [6, 6.07) is 12.2. The largest absolute Gasteiger partial charge is 0.355 e. The zero-order valence-electron chi connectivity index (χ0n) is 13.8. The Kier molecular flexibility index (Phi) is 4.97. The first-order valence-corrected chi connectivity index (χ1v) is 7.71. The lowest BCUT2D eigenvalue weighted by Crippen LogP contribution is -2.21. The van der Waals surface area contributed by atoms with Gasteiger partial charge in [-0.1, -0.05) is 6.07 Å². The van der Waals surface area contributed by atoms with E-state index < -0.39 is 0 Å². The van der Waals surface area contributed by atoms with E-state index in [1.165, 1.54) is 31.3 Å². The fraction of sp³-hybridized carbons (Fsp3) is 0.118. The molecular formula is C17H15FN6O2. The number of tetrazole rings is 1. The summed E-state index contributed by atoms with van der Waals surface area (Å²) in [4.78, 5) is 24.9. The molecule has 2 aromatic carbocycles. The lowest BCUT2D eigenvalue weighted by Gasteiger charge is -2.06. The van der Waals surface area contributed by atoms with E-state index in [0.717, 1.165) is 4.80 Å². The molecule has 9 heteroatoms. The third kappa shape index (κ3) is 4.07. The number of anilines is 1. The molecule has 0 unspecified atom stereocenters. The van der Waals surface area contributed by atoms with Crippen molar-refractivity contribution in [2.24, 2.45) is 0 Å². The van der Waals surface area contributed by atoms with Crippen molar-refractivity contribution in [3.05, 3.63) is 59.9 Å². The van der Waals surface area contributed by atoms with Gasteiger partial charge in [-0.15, -0.1) is 10.2 Å². The number of amides is 2. The number of nitrogens with one attached hydrogen (secondary N) is 2. The van der Waals surface area contributed by atoms with Gasteiger partial charge in [-0.3, -0.25) is 9.59 Å². The van der Waals surface area contributed by atoms with Gasteiger partial charge >= 0.3 is 0 Å². The Morgan fingerprint density at radius 3 is 2.65 bits per heavy atom. The second-order valence-electron chi connectivity index (χ2n) is 5.36. The minimum Gasteiger partial charge on any atom is -0.355 e. The van der Waals surface area contributed by atoms with Crippen LogP contribution in [0.5, 0.6) is 0 Å². The van der Waals surface area contributed by atoms with Crippen LogP contribution in [0.25, 0.3) is 11.4 Å². The van der Waals surface area contributed by atoms with Crippen molar-refractivity contribution in [2.75, 3.05) is 12.4 Å². The maximum atomic E-state index is 12.9. The number of aromatic nitrogens is 4. The Balaban J connectivity index is 1.65. The van der Waals surface area contributed by atoms with E-state index in [-0.39, 0.29) is 24.2 Å². The number of nitrogens with zero attached hydrogens (tertiary/aromatic N) is 4. The highest BCUT2D eigenvalue weighted by Gasteiger charge is 2.11. The molecule has 1 aromatic heterocycles. The van der Waals surface area contributed by atoms with Crippen LogP contribution in [-0.2, 0) is 11.3 Å². The molecule has 3 aromatic rings. The third-order valence-electron chi connectivity index (χ3n) is 3.48. The molecule has 0 atom stereocenters. The van der Waals surface area contributed by atoms with Crippen LogP contribution in [0.3, 0.4) is 0 Å². The minimum atomic E-state index is -0.373. The van der Waals surface area contributed by atoms with Crippen LogP contribution in [0.15, 0.2) is 48.5 Å². The average molecular weight is 354 g/mol. The highest BCUT2D eigenvalue weighted by molar-refractivity contribution is 5.96. The van der Waals surface area contributed by atoms with Gasteiger partial charge in [0, 0.05) is 23.9 Å². The van der Waals surface area contributed by atoms with Gasteiger partial charge in [0.15, 0.2) is 0 Å². The highest BCUT2D eigenvalue weighted by Crippen LogP contribution is 2.14. The molecular weight excluding hydrogens is 339 g/mol. The van der Waals surface area contributed by atoms with Crippen molar-refractivity contribution in [1.29, 1.82) is 0 Å². The number of halogens is 1. The van der Waals surface area contributed by atoms with E-state index in [0.29, 0.717) is 22.6 Å². The maximum absolute atomic E-state index is 12.9. The Morgan fingerprint density at radius 1 is 1.15 bits per heavy atom. The fourth-order valence-corrected chi connectivity index (χ4v) is 2.24. The quantitative estimate of drug-likeness (QED) is 0.723. The van der Waals surface area contributed by atoms with Crippen molar-refractivity contribution >= 4 is 17.5 Å². The molecule has 1 heterocycles. The predicted molar refractivity (Wildman–Crippen MR) is 91.7 cm³/mol. The molecule has 0 aliphatic rings. The highest BCUT2D eigenvalue weighted by atomic mass is 19.1. The zero-order chi connectivity index (χ0) is 18.5. The van der Waals surface area contributed by atoms with Gasteiger partial charge in [0.1, 0.15) is 12.4 Å². The molecule has 0 saturated heterocycles. The average Bonchev–Trinajstić information content (AvgIpc) is 3.10. The third-order valence-corrected chi connectivity index (χ3v) is 3.48. The molecule has 0 aliphatic heterocycles. The molecule has 3 rings (SSSR count).